The molecule has 4 nitrogen and oxygen atoms in total. The lowest BCUT2D eigenvalue weighted by Gasteiger charge is -2.04. The van der Waals surface area contributed by atoms with Gasteiger partial charge in [0, 0.05) is 33.1 Å². The van der Waals surface area contributed by atoms with Crippen molar-refractivity contribution in [2.75, 3.05) is 0 Å². The SMILES string of the molecule is Ic1cnc2ccc(-c3c[nH]nc3-c3ccccn3)cc2c1. The lowest BCUT2D eigenvalue weighted by molar-refractivity contribution is 1.09. The third kappa shape index (κ3) is 2.37. The van der Waals surface area contributed by atoms with Crippen molar-refractivity contribution in [3.05, 3.63) is 64.6 Å². The van der Waals surface area contributed by atoms with Crippen LogP contribution in [0.3, 0.4) is 0 Å². The van der Waals surface area contributed by atoms with Crippen molar-refractivity contribution in [3.63, 3.8) is 0 Å². The fourth-order valence-electron chi connectivity index (χ4n) is 2.48. The van der Waals surface area contributed by atoms with Gasteiger partial charge in [0.05, 0.1) is 11.2 Å². The van der Waals surface area contributed by atoms with Gasteiger partial charge in [0.25, 0.3) is 0 Å². The largest absolute Gasteiger partial charge is 0.284 e. The van der Waals surface area contributed by atoms with Crippen LogP contribution in [-0.4, -0.2) is 20.2 Å². The van der Waals surface area contributed by atoms with Crippen molar-refractivity contribution in [2.24, 2.45) is 0 Å². The molecule has 3 aromatic heterocycles. The monoisotopic (exact) mass is 398 g/mol. The molecule has 3 heterocycles. The van der Waals surface area contributed by atoms with E-state index >= 15 is 0 Å². The Balaban J connectivity index is 1.88. The number of H-pyrrole nitrogens is 1. The fourth-order valence-corrected chi connectivity index (χ4v) is 2.96. The van der Waals surface area contributed by atoms with Gasteiger partial charge < -0.3 is 0 Å². The summed E-state index contributed by atoms with van der Waals surface area (Å²) in [5, 5.41) is 8.43. The molecule has 0 unspecified atom stereocenters. The highest BCUT2D eigenvalue weighted by atomic mass is 127. The average molecular weight is 398 g/mol. The Kier molecular flexibility index (Phi) is 3.34. The normalized spacial score (nSPS) is 11.0. The molecule has 0 bridgehead atoms. The lowest BCUT2D eigenvalue weighted by Crippen LogP contribution is -1.87. The molecule has 1 N–H and O–H groups in total. The summed E-state index contributed by atoms with van der Waals surface area (Å²) in [4.78, 5) is 8.83. The van der Waals surface area contributed by atoms with Crippen LogP contribution in [0.25, 0.3) is 33.4 Å². The second-order valence-corrected chi connectivity index (χ2v) is 6.17. The summed E-state index contributed by atoms with van der Waals surface area (Å²) in [6, 6.07) is 14.2. The van der Waals surface area contributed by atoms with Gasteiger partial charge in [-0.05, 0) is 58.5 Å². The fraction of sp³-hybridized carbons (Fsp3) is 0. The highest BCUT2D eigenvalue weighted by Gasteiger charge is 2.12. The zero-order chi connectivity index (χ0) is 14.9. The first-order valence-corrected chi connectivity index (χ1v) is 7.90. The number of halogens is 1. The molecule has 1 aromatic carbocycles. The van der Waals surface area contributed by atoms with Gasteiger partial charge in [-0.3, -0.25) is 15.1 Å². The molecule has 106 valence electrons. The van der Waals surface area contributed by atoms with Crippen LogP contribution in [0.5, 0.6) is 0 Å². The van der Waals surface area contributed by atoms with E-state index in [4.69, 9.17) is 0 Å². The van der Waals surface area contributed by atoms with Crippen molar-refractivity contribution in [3.8, 4) is 22.5 Å². The summed E-state index contributed by atoms with van der Waals surface area (Å²) in [5.74, 6) is 0. The minimum Gasteiger partial charge on any atom is -0.284 e. The Morgan fingerprint density at radius 2 is 1.95 bits per heavy atom. The molecule has 0 radical (unpaired) electrons. The maximum atomic E-state index is 4.44. The first-order chi connectivity index (χ1) is 10.8. The van der Waals surface area contributed by atoms with Crippen LogP contribution in [0.15, 0.2) is 61.1 Å². The van der Waals surface area contributed by atoms with Gasteiger partial charge in [-0.25, -0.2) is 0 Å². The summed E-state index contributed by atoms with van der Waals surface area (Å²) in [7, 11) is 0. The highest BCUT2D eigenvalue weighted by Crippen LogP contribution is 2.30. The Bertz CT molecular complexity index is 947. The van der Waals surface area contributed by atoms with Crippen LogP contribution in [-0.2, 0) is 0 Å². The van der Waals surface area contributed by atoms with Gasteiger partial charge in [-0.2, -0.15) is 5.10 Å². The van der Waals surface area contributed by atoms with Crippen molar-refractivity contribution >= 4 is 33.5 Å². The molecular weight excluding hydrogens is 387 g/mol. The molecule has 0 saturated heterocycles. The van der Waals surface area contributed by atoms with Crippen LogP contribution in [0.4, 0.5) is 0 Å². The Hall–Kier alpha value is -2.28. The van der Waals surface area contributed by atoms with Crippen LogP contribution in [0, 0.1) is 3.57 Å². The Morgan fingerprint density at radius 3 is 2.82 bits per heavy atom. The van der Waals surface area contributed by atoms with Gasteiger partial charge in [-0.1, -0.05) is 12.1 Å². The van der Waals surface area contributed by atoms with E-state index in [1.165, 1.54) is 0 Å². The van der Waals surface area contributed by atoms with Crippen LogP contribution in [0.2, 0.25) is 0 Å². The second-order valence-electron chi connectivity index (χ2n) is 4.92. The van der Waals surface area contributed by atoms with Crippen molar-refractivity contribution in [1.29, 1.82) is 0 Å². The summed E-state index contributed by atoms with van der Waals surface area (Å²) in [5.41, 5.74) is 4.86. The molecule has 0 atom stereocenters. The zero-order valence-corrected chi connectivity index (χ0v) is 13.7. The number of hydrogen-bond donors (Lipinski definition) is 1. The number of fused-ring (bicyclic) bond motifs is 1. The first-order valence-electron chi connectivity index (χ1n) is 6.82. The number of pyridine rings is 2. The molecule has 4 rings (SSSR count). The average Bonchev–Trinajstić information content (AvgIpc) is 3.04. The summed E-state index contributed by atoms with van der Waals surface area (Å²) >= 11 is 2.28. The van der Waals surface area contributed by atoms with E-state index in [2.05, 4.69) is 61.0 Å². The van der Waals surface area contributed by atoms with Crippen molar-refractivity contribution in [2.45, 2.75) is 0 Å². The van der Waals surface area contributed by atoms with Crippen LogP contribution in [0.1, 0.15) is 0 Å². The van der Waals surface area contributed by atoms with E-state index in [0.717, 1.165) is 37.0 Å². The first kappa shape index (κ1) is 13.4. The van der Waals surface area contributed by atoms with Crippen LogP contribution >= 0.6 is 22.6 Å². The van der Waals surface area contributed by atoms with Gasteiger partial charge in [0.2, 0.25) is 0 Å². The van der Waals surface area contributed by atoms with Crippen LogP contribution < -0.4 is 0 Å². The number of aromatic amines is 1. The maximum absolute atomic E-state index is 4.44. The van der Waals surface area contributed by atoms with Gasteiger partial charge in [-0.15, -0.1) is 0 Å². The lowest BCUT2D eigenvalue weighted by atomic mass is 10.0. The predicted molar refractivity (Wildman–Crippen MR) is 95.3 cm³/mol. The van der Waals surface area contributed by atoms with E-state index < -0.39 is 0 Å². The van der Waals surface area contributed by atoms with E-state index in [1.54, 1.807) is 6.20 Å². The minimum atomic E-state index is 0.860. The number of benzene rings is 1. The topological polar surface area (TPSA) is 54.5 Å². The summed E-state index contributed by atoms with van der Waals surface area (Å²) in [6.45, 7) is 0. The summed E-state index contributed by atoms with van der Waals surface area (Å²) < 4.78 is 1.12. The number of hydrogen-bond acceptors (Lipinski definition) is 3. The summed E-state index contributed by atoms with van der Waals surface area (Å²) in [6.07, 6.45) is 5.56. The second kappa shape index (κ2) is 5.49. The molecule has 0 amide bonds. The zero-order valence-electron chi connectivity index (χ0n) is 11.5. The number of nitrogens with zero attached hydrogens (tertiary/aromatic N) is 3. The number of nitrogens with one attached hydrogen (secondary N) is 1. The van der Waals surface area contributed by atoms with E-state index in [9.17, 15) is 0 Å². The maximum Gasteiger partial charge on any atom is 0.118 e. The molecule has 0 spiro atoms. The molecule has 0 aliphatic rings. The highest BCUT2D eigenvalue weighted by molar-refractivity contribution is 14.1. The van der Waals surface area contributed by atoms with E-state index in [1.807, 2.05) is 36.7 Å². The molecule has 0 saturated carbocycles. The predicted octanol–water partition coefficient (Wildman–Crippen LogP) is 4.29. The number of rotatable bonds is 2. The Morgan fingerprint density at radius 1 is 1.00 bits per heavy atom. The smallest absolute Gasteiger partial charge is 0.118 e. The standard InChI is InChI=1S/C17H11IN4/c18-13-8-12-7-11(4-5-15(12)20-9-13)14-10-21-22-17(14)16-3-1-2-6-19-16/h1-10H,(H,21,22). The molecule has 0 aliphatic carbocycles. The van der Waals surface area contributed by atoms with Crippen molar-refractivity contribution < 1.29 is 0 Å². The Labute approximate surface area is 140 Å². The molecule has 4 aromatic rings. The molecular formula is C17H11IN4. The van der Waals surface area contributed by atoms with E-state index in [0.29, 0.717) is 0 Å². The van der Waals surface area contributed by atoms with Crippen molar-refractivity contribution in [1.82, 2.24) is 20.2 Å². The van der Waals surface area contributed by atoms with Gasteiger partial charge >= 0.3 is 0 Å². The quantitative estimate of drug-likeness (QED) is 0.513. The van der Waals surface area contributed by atoms with E-state index in [-0.39, 0.29) is 0 Å². The minimum absolute atomic E-state index is 0.860. The molecule has 5 heteroatoms. The van der Waals surface area contributed by atoms with Gasteiger partial charge in [0.15, 0.2) is 0 Å². The third-order valence-corrected chi connectivity index (χ3v) is 4.10. The number of aromatic nitrogens is 4. The molecule has 0 fully saturated rings. The third-order valence-electron chi connectivity index (χ3n) is 3.51. The van der Waals surface area contributed by atoms with Gasteiger partial charge in [0.1, 0.15) is 5.69 Å². The molecule has 22 heavy (non-hydrogen) atoms. The molecule has 0 aliphatic heterocycles.